The number of nitrogen functional groups attached to an aromatic ring is 1. The van der Waals surface area contributed by atoms with E-state index in [0.29, 0.717) is 5.02 Å². The lowest BCUT2D eigenvalue weighted by molar-refractivity contribution is 0.0256. The zero-order valence-corrected chi connectivity index (χ0v) is 20.2. The monoisotopic (exact) mass is 504 g/mol. The second-order valence-electron chi connectivity index (χ2n) is 7.90. The highest BCUT2D eigenvalue weighted by molar-refractivity contribution is 7.91. The van der Waals surface area contributed by atoms with Crippen molar-refractivity contribution < 1.29 is 21.9 Å². The molecule has 0 saturated carbocycles. The summed E-state index contributed by atoms with van der Waals surface area (Å²) >= 11 is 6.32. The largest absolute Gasteiger partial charge is 0.393 e. The van der Waals surface area contributed by atoms with E-state index in [2.05, 4.69) is 9.97 Å². The molecule has 9 nitrogen and oxygen atoms in total. The lowest BCUT2D eigenvalue weighted by Crippen LogP contribution is -2.39. The Morgan fingerprint density at radius 2 is 1.97 bits per heavy atom. The standard InChI is InChI=1S/C20H27ClF2N6O3S/c1-27(2)29(12-14-6-4-5-7-15(14)21)18-16(24)17(28-9-8-20(22,23)13-28)25-19(26-18)33(30,31)11-10-32-3/h4-7H,8-13,24H2,1-3H3. The van der Waals surface area contributed by atoms with Crippen LogP contribution in [0.5, 0.6) is 0 Å². The second-order valence-corrected chi connectivity index (χ2v) is 10.3. The molecular formula is C20H27ClF2N6O3S. The molecule has 33 heavy (non-hydrogen) atoms. The molecule has 1 aliphatic rings. The summed E-state index contributed by atoms with van der Waals surface area (Å²) in [6.07, 6.45) is -0.380. The maximum Gasteiger partial charge on any atom is 0.266 e. The van der Waals surface area contributed by atoms with Gasteiger partial charge in [0.25, 0.3) is 11.1 Å². The Morgan fingerprint density at radius 3 is 2.55 bits per heavy atom. The molecule has 0 spiro atoms. The summed E-state index contributed by atoms with van der Waals surface area (Å²) in [5.41, 5.74) is 7.10. The predicted octanol–water partition coefficient (Wildman–Crippen LogP) is 2.46. The van der Waals surface area contributed by atoms with Gasteiger partial charge in [0.1, 0.15) is 5.69 Å². The first kappa shape index (κ1) is 25.3. The van der Waals surface area contributed by atoms with E-state index in [9.17, 15) is 17.2 Å². The van der Waals surface area contributed by atoms with Crippen molar-refractivity contribution in [2.45, 2.75) is 24.0 Å². The van der Waals surface area contributed by atoms with Crippen molar-refractivity contribution in [2.75, 3.05) is 62.3 Å². The zero-order chi connectivity index (χ0) is 24.4. The lowest BCUT2D eigenvalue weighted by atomic mass is 10.2. The van der Waals surface area contributed by atoms with Gasteiger partial charge in [-0.05, 0) is 11.6 Å². The van der Waals surface area contributed by atoms with Crippen molar-refractivity contribution in [1.29, 1.82) is 0 Å². The van der Waals surface area contributed by atoms with Crippen LogP contribution in [-0.2, 0) is 21.1 Å². The number of hydrogen-bond acceptors (Lipinski definition) is 9. The summed E-state index contributed by atoms with van der Waals surface area (Å²) < 4.78 is 58.5. The molecule has 1 aromatic carbocycles. The van der Waals surface area contributed by atoms with Crippen LogP contribution in [0.1, 0.15) is 12.0 Å². The number of alkyl halides is 2. The molecule has 2 aromatic rings. The molecule has 2 heterocycles. The van der Waals surface area contributed by atoms with E-state index in [1.165, 1.54) is 12.0 Å². The van der Waals surface area contributed by atoms with Crippen LogP contribution < -0.4 is 15.6 Å². The molecule has 0 unspecified atom stereocenters. The Balaban J connectivity index is 2.14. The van der Waals surface area contributed by atoms with Gasteiger partial charge in [-0.3, -0.25) is 5.01 Å². The number of sulfone groups is 1. The van der Waals surface area contributed by atoms with E-state index in [0.717, 1.165) is 5.56 Å². The van der Waals surface area contributed by atoms with E-state index in [4.69, 9.17) is 22.1 Å². The predicted molar refractivity (Wildman–Crippen MR) is 123 cm³/mol. The van der Waals surface area contributed by atoms with Crippen molar-refractivity contribution in [3.8, 4) is 0 Å². The van der Waals surface area contributed by atoms with Crippen molar-refractivity contribution in [3.63, 3.8) is 0 Å². The van der Waals surface area contributed by atoms with E-state index >= 15 is 0 Å². The van der Waals surface area contributed by atoms with Crippen LogP contribution in [-0.4, -0.2) is 76.0 Å². The number of rotatable bonds is 9. The highest BCUT2D eigenvalue weighted by Gasteiger charge is 2.40. The molecule has 0 amide bonds. The van der Waals surface area contributed by atoms with Crippen LogP contribution in [0.2, 0.25) is 5.02 Å². The molecular weight excluding hydrogens is 478 g/mol. The minimum Gasteiger partial charge on any atom is -0.393 e. The molecule has 2 N–H and O–H groups in total. The summed E-state index contributed by atoms with van der Waals surface area (Å²) in [7, 11) is 0.851. The fourth-order valence-corrected chi connectivity index (χ4v) is 4.61. The molecule has 1 aromatic heterocycles. The maximum atomic E-state index is 13.9. The Kier molecular flexibility index (Phi) is 7.62. The third-order valence-electron chi connectivity index (χ3n) is 5.19. The van der Waals surface area contributed by atoms with Crippen molar-refractivity contribution in [2.24, 2.45) is 0 Å². The molecule has 0 atom stereocenters. The average molecular weight is 505 g/mol. The Hall–Kier alpha value is -2.28. The summed E-state index contributed by atoms with van der Waals surface area (Å²) in [6.45, 7) is -0.490. The number of halogens is 3. The number of aromatic nitrogens is 2. The van der Waals surface area contributed by atoms with Gasteiger partial charge in [0.15, 0.2) is 11.6 Å². The molecule has 0 aliphatic carbocycles. The summed E-state index contributed by atoms with van der Waals surface area (Å²) in [4.78, 5) is 9.66. The summed E-state index contributed by atoms with van der Waals surface area (Å²) in [5, 5.41) is 3.28. The summed E-state index contributed by atoms with van der Waals surface area (Å²) in [5.74, 6) is -3.25. The van der Waals surface area contributed by atoms with Gasteiger partial charge in [0.2, 0.25) is 9.84 Å². The molecule has 182 valence electrons. The topological polar surface area (TPSA) is 105 Å². The van der Waals surface area contributed by atoms with Crippen LogP contribution >= 0.6 is 11.6 Å². The van der Waals surface area contributed by atoms with Gasteiger partial charge >= 0.3 is 0 Å². The van der Waals surface area contributed by atoms with Gasteiger partial charge < -0.3 is 15.4 Å². The van der Waals surface area contributed by atoms with E-state index in [1.54, 1.807) is 36.2 Å². The first-order valence-electron chi connectivity index (χ1n) is 10.2. The van der Waals surface area contributed by atoms with Crippen LogP contribution in [0.25, 0.3) is 0 Å². The van der Waals surface area contributed by atoms with E-state index < -0.39 is 27.5 Å². The van der Waals surface area contributed by atoms with E-state index in [-0.39, 0.29) is 49.2 Å². The molecule has 0 radical (unpaired) electrons. The lowest BCUT2D eigenvalue weighted by Gasteiger charge is -2.32. The number of nitrogens with zero attached hydrogens (tertiary/aromatic N) is 5. The Morgan fingerprint density at radius 1 is 1.27 bits per heavy atom. The molecule has 1 fully saturated rings. The van der Waals surface area contributed by atoms with Gasteiger partial charge in [-0.1, -0.05) is 29.8 Å². The number of ether oxygens (including phenoxy) is 1. The van der Waals surface area contributed by atoms with Gasteiger partial charge in [-0.15, -0.1) is 0 Å². The Bertz CT molecular complexity index is 1100. The number of nitrogens with two attached hydrogens (primary N) is 1. The first-order chi connectivity index (χ1) is 15.4. The molecule has 1 aliphatic heterocycles. The van der Waals surface area contributed by atoms with Gasteiger partial charge in [0, 0.05) is 39.2 Å². The SMILES string of the molecule is COCCS(=O)(=O)c1nc(N2CCC(F)(F)C2)c(N)c(N(Cc2ccccc2Cl)N(C)C)n1. The van der Waals surface area contributed by atoms with Gasteiger partial charge in [-0.2, -0.15) is 9.97 Å². The van der Waals surface area contributed by atoms with Crippen LogP contribution in [0.3, 0.4) is 0 Å². The van der Waals surface area contributed by atoms with Gasteiger partial charge in [-0.25, -0.2) is 22.2 Å². The highest BCUT2D eigenvalue weighted by Crippen LogP contribution is 2.37. The minimum atomic E-state index is -3.97. The third kappa shape index (κ3) is 5.81. The molecule has 13 heteroatoms. The number of hydrogen-bond donors (Lipinski definition) is 1. The number of benzene rings is 1. The minimum absolute atomic E-state index is 0.000792. The molecule has 0 bridgehead atoms. The smallest absolute Gasteiger partial charge is 0.266 e. The van der Waals surface area contributed by atoms with E-state index in [1.807, 2.05) is 12.1 Å². The first-order valence-corrected chi connectivity index (χ1v) is 12.2. The molecule has 3 rings (SSSR count). The number of methoxy groups -OCH3 is 1. The van der Waals surface area contributed by atoms with Crippen LogP contribution in [0.4, 0.5) is 26.1 Å². The van der Waals surface area contributed by atoms with Crippen molar-refractivity contribution >= 4 is 38.8 Å². The fourth-order valence-electron chi connectivity index (χ4n) is 3.40. The number of hydrazine groups is 1. The third-order valence-corrected chi connectivity index (χ3v) is 7.01. The highest BCUT2D eigenvalue weighted by atomic mass is 35.5. The summed E-state index contributed by atoms with van der Waals surface area (Å²) in [6, 6.07) is 7.15. The fraction of sp³-hybridized carbons (Fsp3) is 0.500. The van der Waals surface area contributed by atoms with Crippen LogP contribution in [0.15, 0.2) is 29.4 Å². The number of anilines is 3. The molecule has 1 saturated heterocycles. The van der Waals surface area contributed by atoms with Crippen molar-refractivity contribution in [1.82, 2.24) is 15.0 Å². The second kappa shape index (κ2) is 9.92. The Labute approximate surface area is 197 Å². The van der Waals surface area contributed by atoms with Gasteiger partial charge in [0.05, 0.1) is 25.4 Å². The van der Waals surface area contributed by atoms with Crippen molar-refractivity contribution in [3.05, 3.63) is 34.9 Å². The normalized spacial score (nSPS) is 15.9. The average Bonchev–Trinajstić information content (AvgIpc) is 3.11. The van der Waals surface area contributed by atoms with Crippen LogP contribution in [0, 0.1) is 0 Å². The maximum absolute atomic E-state index is 13.9. The quantitative estimate of drug-likeness (QED) is 0.407. The zero-order valence-electron chi connectivity index (χ0n) is 18.6.